The predicted molar refractivity (Wildman–Crippen MR) is 387 cm³/mol. The summed E-state index contributed by atoms with van der Waals surface area (Å²) in [5.74, 6) is 0. The number of non-ortho nitro benzene ring substituents is 1. The smallest absolute Gasteiger partial charge is 0.258 e. The highest BCUT2D eigenvalue weighted by Crippen LogP contribution is 2.39. The third-order valence-corrected chi connectivity index (χ3v) is 16.5. The summed E-state index contributed by atoms with van der Waals surface area (Å²) < 4.78 is 38.0. The van der Waals surface area contributed by atoms with E-state index in [2.05, 4.69) is 138 Å². The van der Waals surface area contributed by atoms with E-state index in [9.17, 15) is 27.7 Å². The van der Waals surface area contributed by atoms with Crippen molar-refractivity contribution in [3.63, 3.8) is 0 Å². The number of aromatic nitrogens is 6. The average molecular weight is 1260 g/mol. The maximum Gasteiger partial charge on any atom is 0.277 e. The fourth-order valence-corrected chi connectivity index (χ4v) is 12.0. The van der Waals surface area contributed by atoms with Crippen molar-refractivity contribution >= 4 is 148 Å². The van der Waals surface area contributed by atoms with Crippen molar-refractivity contribution in [2.45, 2.75) is 27.7 Å². The highest BCUT2D eigenvalue weighted by Gasteiger charge is 2.19. The van der Waals surface area contributed by atoms with Gasteiger partial charge in [0.15, 0.2) is 0 Å². The second-order valence-electron chi connectivity index (χ2n) is 21.6. The molecule has 470 valence electrons. The fraction of sp³-hybridized carbons (Fsp3) is 0.100. The van der Waals surface area contributed by atoms with Gasteiger partial charge in [-0.05, 0) is 111 Å². The molecule has 6 aromatic heterocycles. The number of hydrogen-bond acceptors (Lipinski definition) is 10. The van der Waals surface area contributed by atoms with Crippen LogP contribution in [0.15, 0.2) is 259 Å². The molecular formula is C80H65F4N9O2. The van der Waals surface area contributed by atoms with Gasteiger partial charge in [0.2, 0.25) is 0 Å². The molecule has 95 heavy (non-hydrogen) atoms. The van der Waals surface area contributed by atoms with Crippen molar-refractivity contribution in [2.75, 3.05) is 28.7 Å². The fourth-order valence-electron chi connectivity index (χ4n) is 12.0. The molecule has 17 rings (SSSR count). The van der Waals surface area contributed by atoms with Gasteiger partial charge in [-0.25, -0.2) is 19.9 Å². The van der Waals surface area contributed by atoms with Gasteiger partial charge in [-0.3, -0.25) is 37.6 Å². The SMILES string of the molecule is CF.CF.CF.CF.Cc1c2ccccc2nc2c1cc(N=Nc1ccccc1)c1ccccc12.Cc1c2ccccc2nc2c1cc([N+](=O)[O-])c1ccccc12.Cc1c2ccccc2nc2c1ccc1cccnc12.Cc1c2ccccc2nc2c1cnc1ccccc12. The summed E-state index contributed by atoms with van der Waals surface area (Å²) in [5, 5.41) is 35.2. The molecule has 0 aliphatic carbocycles. The van der Waals surface area contributed by atoms with E-state index in [0.29, 0.717) is 34.1 Å². The van der Waals surface area contributed by atoms with Crippen LogP contribution < -0.4 is 0 Å². The molecule has 0 amide bonds. The summed E-state index contributed by atoms with van der Waals surface area (Å²) in [6.07, 6.45) is 3.76. The largest absolute Gasteiger partial charge is 0.277 e. The van der Waals surface area contributed by atoms with Gasteiger partial charge in [0.25, 0.3) is 5.69 Å². The number of hydrogen-bond donors (Lipinski definition) is 0. The molecule has 0 bridgehead atoms. The van der Waals surface area contributed by atoms with E-state index in [4.69, 9.17) is 19.9 Å². The van der Waals surface area contributed by atoms with Crippen LogP contribution in [0, 0.1) is 37.8 Å². The second kappa shape index (κ2) is 30.5. The Bertz CT molecular complexity index is 5510. The Morgan fingerprint density at radius 1 is 0.316 bits per heavy atom. The molecule has 0 atom stereocenters. The third kappa shape index (κ3) is 13.3. The van der Waals surface area contributed by atoms with E-state index in [1.54, 1.807) is 12.1 Å². The van der Waals surface area contributed by atoms with E-state index in [-0.39, 0.29) is 10.6 Å². The van der Waals surface area contributed by atoms with Crippen LogP contribution in [0.2, 0.25) is 0 Å². The Kier molecular flexibility index (Phi) is 21.2. The quantitative estimate of drug-likeness (QED) is 0.0424. The molecule has 0 unspecified atom stereocenters. The normalized spacial score (nSPS) is 10.8. The van der Waals surface area contributed by atoms with Crippen LogP contribution >= 0.6 is 0 Å². The molecule has 11 nitrogen and oxygen atoms in total. The lowest BCUT2D eigenvalue weighted by atomic mass is 9.98. The maximum atomic E-state index is 11.4. The lowest BCUT2D eigenvalue weighted by Crippen LogP contribution is -1.94. The van der Waals surface area contributed by atoms with E-state index < -0.39 is 0 Å². The predicted octanol–water partition coefficient (Wildman–Crippen LogP) is 22.9. The number of halogens is 4. The number of alkyl halides is 4. The second-order valence-corrected chi connectivity index (χ2v) is 21.6. The van der Waals surface area contributed by atoms with Crippen LogP contribution in [0.5, 0.6) is 0 Å². The standard InChI is InChI=1S/C24H17N3.C18H12N2O2.2C17H12N2.4CH3F/c1-16-18-11-7-8-14-22(18)25-24-20-13-6-5-12-19(20)23(15-21(16)24)27-26-17-9-3-2-4-10-17;1-11-12-6-4-5-9-16(12)19-18-14-8-3-2-7-13(14)17(20(21)22)10-15(11)18;1-11-12-6-2-5-9-16(12)19-17-13-7-3-4-8-15(13)18-10-14(11)17;1-11-13-6-2-3-7-15(13)19-17-14(11)9-8-12-5-4-10-18-16(12)17;4*1-2/h2-15H,1H3;2-10H,1H3;2*2-10H,1H3;4*1H3. The molecule has 0 aliphatic rings. The molecule has 17 aromatic rings. The number of nitro groups is 1. The number of aryl methyl sites for hydroxylation is 4. The van der Waals surface area contributed by atoms with Crippen molar-refractivity contribution in [2.24, 2.45) is 10.2 Å². The van der Waals surface area contributed by atoms with Gasteiger partial charge >= 0.3 is 0 Å². The van der Waals surface area contributed by atoms with E-state index in [1.807, 2.05) is 147 Å². The van der Waals surface area contributed by atoms with Crippen LogP contribution in [-0.4, -0.2) is 63.5 Å². The number of nitro benzene ring substituents is 1. The minimum atomic E-state index is -0.323. The van der Waals surface area contributed by atoms with Crippen LogP contribution in [0.25, 0.3) is 131 Å². The third-order valence-electron chi connectivity index (χ3n) is 16.5. The number of fused-ring (bicyclic) bond motifs is 16. The number of nitrogens with zero attached hydrogens (tertiary/aromatic N) is 9. The number of benzene rings is 11. The Morgan fingerprint density at radius 2 is 0.705 bits per heavy atom. The van der Waals surface area contributed by atoms with E-state index >= 15 is 0 Å². The Balaban J connectivity index is 0.000000134. The lowest BCUT2D eigenvalue weighted by molar-refractivity contribution is -0.382. The molecule has 15 heteroatoms. The van der Waals surface area contributed by atoms with Crippen molar-refractivity contribution in [1.29, 1.82) is 0 Å². The van der Waals surface area contributed by atoms with Crippen LogP contribution in [0.1, 0.15) is 22.3 Å². The monoisotopic (exact) mass is 1260 g/mol. The van der Waals surface area contributed by atoms with Crippen molar-refractivity contribution < 1.29 is 22.5 Å². The van der Waals surface area contributed by atoms with Gasteiger partial charge in [0, 0.05) is 88.5 Å². The topological polar surface area (TPSA) is 145 Å². The van der Waals surface area contributed by atoms with Crippen molar-refractivity contribution in [1.82, 2.24) is 29.9 Å². The summed E-state index contributed by atoms with van der Waals surface area (Å²) >= 11 is 0. The first-order chi connectivity index (χ1) is 46.7. The summed E-state index contributed by atoms with van der Waals surface area (Å²) in [6, 6.07) is 78.4. The first kappa shape index (κ1) is 66.1. The van der Waals surface area contributed by atoms with Crippen molar-refractivity contribution in [3.05, 3.63) is 281 Å². The maximum absolute atomic E-state index is 11.4. The molecule has 0 spiro atoms. The van der Waals surface area contributed by atoms with Gasteiger partial charge in [-0.2, -0.15) is 5.11 Å². The zero-order valence-electron chi connectivity index (χ0n) is 53.5. The van der Waals surface area contributed by atoms with Crippen molar-refractivity contribution in [3.8, 4) is 0 Å². The Hall–Kier alpha value is -11.8. The zero-order valence-corrected chi connectivity index (χ0v) is 53.5. The minimum absolute atomic E-state index is 0.128. The highest BCUT2D eigenvalue weighted by atomic mass is 19.1. The van der Waals surface area contributed by atoms with E-state index in [0.717, 1.165) is 121 Å². The molecular weight excluding hydrogens is 1190 g/mol. The number of rotatable bonds is 3. The van der Waals surface area contributed by atoms with Gasteiger partial charge in [0.1, 0.15) is 0 Å². The molecule has 0 saturated heterocycles. The van der Waals surface area contributed by atoms with Gasteiger partial charge in [-0.15, -0.1) is 5.11 Å². The Morgan fingerprint density at radius 3 is 1.22 bits per heavy atom. The molecule has 0 N–H and O–H groups in total. The van der Waals surface area contributed by atoms with Gasteiger partial charge in [-0.1, -0.05) is 170 Å². The molecule has 0 saturated carbocycles. The summed E-state index contributed by atoms with van der Waals surface area (Å²) in [7, 11) is 2.00. The van der Waals surface area contributed by atoms with Crippen LogP contribution in [0.4, 0.5) is 34.6 Å². The minimum Gasteiger partial charge on any atom is -0.258 e. The summed E-state index contributed by atoms with van der Waals surface area (Å²) in [6.45, 7) is 8.44. The zero-order chi connectivity index (χ0) is 67.1. The summed E-state index contributed by atoms with van der Waals surface area (Å²) in [5.41, 5.74) is 16.5. The van der Waals surface area contributed by atoms with Gasteiger partial charge < -0.3 is 0 Å². The lowest BCUT2D eigenvalue weighted by Gasteiger charge is -2.11. The molecule has 11 aromatic carbocycles. The first-order valence-electron chi connectivity index (χ1n) is 30.3. The highest BCUT2D eigenvalue weighted by molar-refractivity contribution is 6.16. The van der Waals surface area contributed by atoms with Crippen LogP contribution in [-0.2, 0) is 0 Å². The van der Waals surface area contributed by atoms with Gasteiger partial charge in [0.05, 0.1) is 106 Å². The number of para-hydroxylation sites is 5. The molecule has 0 fully saturated rings. The molecule has 0 aliphatic heterocycles. The molecule has 0 radical (unpaired) electrons. The number of azo groups is 1. The average Bonchev–Trinajstić information content (AvgIpc) is 0.789. The number of pyridine rings is 6. The Labute approximate surface area is 545 Å². The van der Waals surface area contributed by atoms with Crippen LogP contribution in [0.3, 0.4) is 0 Å². The first-order valence-corrected chi connectivity index (χ1v) is 30.3. The van der Waals surface area contributed by atoms with E-state index in [1.165, 1.54) is 38.2 Å². The summed E-state index contributed by atoms with van der Waals surface area (Å²) in [4.78, 5) is 39.5. The molecule has 6 heterocycles.